The average Bonchev–Trinajstić information content (AvgIpc) is 0.918. The summed E-state index contributed by atoms with van der Waals surface area (Å²) in [6.07, 6.45) is 0. The van der Waals surface area contributed by atoms with Crippen LogP contribution in [0.3, 0.4) is 0 Å². The van der Waals surface area contributed by atoms with Gasteiger partial charge in [0.2, 0.25) is 0 Å². The second kappa shape index (κ2) is 118. The first-order valence-electron chi connectivity index (χ1n) is 0.383. The molecule has 0 aromatic heterocycles. The number of nitrogens with zero attached hydrogens (tertiary/aromatic N) is 1. The van der Waals surface area contributed by atoms with Gasteiger partial charge in [-0.1, -0.05) is 0 Å². The first-order valence-corrected chi connectivity index (χ1v) is 0.383. The molecule has 0 radical (unpaired) electrons. The molecule has 6 nitrogen and oxygen atoms in total. The molecule has 0 aromatic rings. The van der Waals surface area contributed by atoms with E-state index in [9.17, 15) is 0 Å². The Hall–Kier alpha value is 1.34. The molecule has 42 valence electrons. The minimum Gasteiger partial charge on any atom is -2.00 e. The van der Waals surface area contributed by atoms with Crippen molar-refractivity contribution in [3.63, 3.8) is 0 Å². The number of hydrogen-bond donors (Lipinski definition) is 1. The summed E-state index contributed by atoms with van der Waals surface area (Å²) in [5.74, 6) is 0. The van der Waals surface area contributed by atoms with E-state index in [-0.39, 0.29) is 80.7 Å². The molecule has 0 aromatic carbocycles. The van der Waals surface area contributed by atoms with Gasteiger partial charge in [0, 0.05) is 0 Å². The minimum atomic E-state index is 0. The quantitative estimate of drug-likeness (QED) is 0.226. The molecule has 9 heavy (non-hydrogen) atoms. The molecule has 0 amide bonds. The van der Waals surface area contributed by atoms with Crippen LogP contribution in [0.4, 0.5) is 0 Å². The van der Waals surface area contributed by atoms with Gasteiger partial charge in [0.25, 0.3) is 0 Å². The summed E-state index contributed by atoms with van der Waals surface area (Å²) in [6.45, 7) is 0. The molecule has 0 unspecified atom stereocenters. The van der Waals surface area contributed by atoms with Crippen molar-refractivity contribution in [2.75, 3.05) is 0 Å². The summed E-state index contributed by atoms with van der Waals surface area (Å²) in [6, 6.07) is 0. The van der Waals surface area contributed by atoms with E-state index < -0.39 is 0 Å². The Kier molecular flexibility index (Phi) is 1060. The van der Waals surface area contributed by atoms with Gasteiger partial charge in [-0.05, 0) is 0 Å². The summed E-state index contributed by atoms with van der Waals surface area (Å²) in [5, 5.41) is 7.89. The fraction of sp³-hybridized carbons (Fsp3) is 0. The molecular formula is HAl2NNaO5+. The smallest absolute Gasteiger partial charge is 2.00 e. The van der Waals surface area contributed by atoms with Crippen LogP contribution in [0.1, 0.15) is 0 Å². The SMILES string of the molecule is O=NO.[Al+3].[Al+3].[Na+].[O-2].[O-2].[O-2]. The third-order valence-electron chi connectivity index (χ3n) is 0. The zero-order valence-corrected chi connectivity index (χ0v) is 8.99. The topological polar surface area (TPSA) is 135 Å². The van der Waals surface area contributed by atoms with Crippen LogP contribution in [-0.2, 0) is 16.4 Å². The van der Waals surface area contributed by atoms with Gasteiger partial charge in [0.05, 0.1) is 0 Å². The van der Waals surface area contributed by atoms with Crippen LogP contribution in [0.25, 0.3) is 0 Å². The predicted molar refractivity (Wildman–Crippen MR) is 21.1 cm³/mol. The van der Waals surface area contributed by atoms with Crippen molar-refractivity contribution in [1.82, 2.24) is 0 Å². The van der Waals surface area contributed by atoms with E-state index in [0.717, 1.165) is 0 Å². The zero-order valence-electron chi connectivity index (χ0n) is 4.68. The molecule has 1 N–H and O–H groups in total. The molecule has 0 heterocycles. The molecule has 0 aliphatic carbocycles. The first-order chi connectivity index (χ1) is 1.41. The van der Waals surface area contributed by atoms with E-state index >= 15 is 0 Å². The minimum absolute atomic E-state index is 0. The van der Waals surface area contributed by atoms with E-state index in [1.165, 1.54) is 5.34 Å². The maximum atomic E-state index is 8.11. The molecule has 0 spiro atoms. The van der Waals surface area contributed by atoms with Crippen molar-refractivity contribution in [2.45, 2.75) is 0 Å². The van der Waals surface area contributed by atoms with Crippen molar-refractivity contribution < 1.29 is 51.2 Å². The first kappa shape index (κ1) is 80.7. The van der Waals surface area contributed by atoms with Crippen LogP contribution < -0.4 is 29.6 Å². The standard InChI is InChI=1S/2Al.HNO2.Na.3O/c;;2-1-3;;;;/h;;(H,2,3);;;;/q2*+3;;+1;3*-2. The number of hydrogen-bond acceptors (Lipinski definition) is 2. The van der Waals surface area contributed by atoms with Gasteiger partial charge in [0.1, 0.15) is 0 Å². The summed E-state index contributed by atoms with van der Waals surface area (Å²) in [7, 11) is 0. The Labute approximate surface area is 95.4 Å². The fourth-order valence-electron chi connectivity index (χ4n) is 0. The summed E-state index contributed by atoms with van der Waals surface area (Å²) < 4.78 is 0. The maximum absolute atomic E-state index is 8.11. The third kappa shape index (κ3) is 279. The Morgan fingerprint density at radius 2 is 1.00 bits per heavy atom. The molecule has 0 fully saturated rings. The average molecular weight is 172 g/mol. The van der Waals surface area contributed by atoms with Crippen molar-refractivity contribution in [3.05, 3.63) is 4.91 Å². The summed E-state index contributed by atoms with van der Waals surface area (Å²) in [5.41, 5.74) is 0. The van der Waals surface area contributed by atoms with Crippen LogP contribution in [0.15, 0.2) is 5.34 Å². The molecule has 0 rings (SSSR count). The maximum Gasteiger partial charge on any atom is 3.00 e. The molecule has 0 bridgehead atoms. The third-order valence-corrected chi connectivity index (χ3v) is 0. The Morgan fingerprint density at radius 3 is 1.00 bits per heavy atom. The second-order valence-electron chi connectivity index (χ2n) is 0.0816. The molecule has 0 atom stereocenters. The van der Waals surface area contributed by atoms with Crippen LogP contribution in [-0.4, -0.2) is 39.9 Å². The van der Waals surface area contributed by atoms with Crippen molar-refractivity contribution in [3.8, 4) is 0 Å². The molecule has 0 saturated carbocycles. The van der Waals surface area contributed by atoms with E-state index in [1.54, 1.807) is 0 Å². The number of rotatable bonds is 0. The normalized spacial score (nSPS) is 1.33. The molecule has 0 saturated heterocycles. The molecule has 0 aliphatic heterocycles. The monoisotopic (exact) mass is 172 g/mol. The van der Waals surface area contributed by atoms with Crippen molar-refractivity contribution in [2.24, 2.45) is 5.34 Å². The fourth-order valence-corrected chi connectivity index (χ4v) is 0. The summed E-state index contributed by atoms with van der Waals surface area (Å²) >= 11 is 0. The van der Waals surface area contributed by atoms with Gasteiger partial charge in [-0.3, -0.25) is 0 Å². The summed E-state index contributed by atoms with van der Waals surface area (Å²) in [4.78, 5) is 8.11. The largest absolute Gasteiger partial charge is 3.00 e. The molecule has 0 aliphatic rings. The molecule has 9 heteroatoms. The Bertz CT molecular complexity index is 22.4. The van der Waals surface area contributed by atoms with Gasteiger partial charge in [-0.25, -0.2) is 0 Å². The van der Waals surface area contributed by atoms with Gasteiger partial charge in [0.15, 0.2) is 5.34 Å². The van der Waals surface area contributed by atoms with Crippen LogP contribution in [0.5, 0.6) is 0 Å². The van der Waals surface area contributed by atoms with E-state index in [4.69, 9.17) is 10.1 Å². The van der Waals surface area contributed by atoms with Gasteiger partial charge in [-0.2, -0.15) is 0 Å². The van der Waals surface area contributed by atoms with Crippen LogP contribution >= 0.6 is 0 Å². The second-order valence-corrected chi connectivity index (χ2v) is 0.0816. The van der Waals surface area contributed by atoms with E-state index in [0.29, 0.717) is 0 Å². The van der Waals surface area contributed by atoms with E-state index in [2.05, 4.69) is 0 Å². The van der Waals surface area contributed by atoms with E-state index in [1.807, 2.05) is 0 Å². The zero-order chi connectivity index (χ0) is 2.71. The van der Waals surface area contributed by atoms with Gasteiger partial charge >= 0.3 is 64.3 Å². The van der Waals surface area contributed by atoms with Gasteiger partial charge < -0.3 is 21.6 Å². The van der Waals surface area contributed by atoms with Crippen molar-refractivity contribution in [1.29, 1.82) is 0 Å². The Morgan fingerprint density at radius 1 is 1.00 bits per heavy atom. The van der Waals surface area contributed by atoms with Crippen molar-refractivity contribution >= 4 is 34.7 Å². The molecular weight excluding hydrogens is 171 g/mol. The van der Waals surface area contributed by atoms with Crippen LogP contribution in [0.2, 0.25) is 0 Å². The predicted octanol–water partition coefficient (Wildman–Crippen LogP) is -3.97. The Balaban J connectivity index is -0.00000000133. The van der Waals surface area contributed by atoms with Crippen LogP contribution in [0, 0.1) is 4.91 Å². The van der Waals surface area contributed by atoms with Gasteiger partial charge in [-0.15, -0.1) is 4.91 Å².